The van der Waals surface area contributed by atoms with Crippen LogP contribution < -0.4 is 0 Å². The number of halogens is 2. The van der Waals surface area contributed by atoms with Crippen molar-refractivity contribution >= 4 is 47.5 Å². The number of rotatable bonds is 3. The lowest BCUT2D eigenvalue weighted by atomic mass is 10.1. The van der Waals surface area contributed by atoms with Crippen LogP contribution in [0.1, 0.15) is 17.3 Å². The Morgan fingerprint density at radius 3 is 2.06 bits per heavy atom. The first kappa shape index (κ1) is 13.9. The van der Waals surface area contributed by atoms with Gasteiger partial charge in [-0.25, -0.2) is 8.42 Å². The Morgan fingerprint density at radius 1 is 1.25 bits per heavy atom. The second-order valence-electron chi connectivity index (χ2n) is 3.52. The number of alkyl halides is 1. The molecule has 0 fully saturated rings. The molecule has 0 aliphatic rings. The van der Waals surface area contributed by atoms with E-state index >= 15 is 0 Å². The predicted molar refractivity (Wildman–Crippen MR) is 70.6 cm³/mol. The first-order valence-corrected chi connectivity index (χ1v) is 7.83. The monoisotopic (exact) mass is 368 g/mol. The molecular weight excluding hydrogens is 360 g/mol. The van der Waals surface area contributed by atoms with E-state index in [4.69, 9.17) is 0 Å². The Morgan fingerprint density at radius 2 is 1.69 bits per heavy atom. The Labute approximate surface area is 111 Å². The largest absolute Gasteiger partial charge is 0.291 e. The standard InChI is InChI=1S/C10H10Br2O3S/c1-10(12,16(2,14)15)9(13)7-3-5-8(11)6-4-7/h3-6H,1-2H3. The van der Waals surface area contributed by atoms with Gasteiger partial charge in [0.05, 0.1) is 0 Å². The van der Waals surface area contributed by atoms with Gasteiger partial charge in [0.15, 0.2) is 19.3 Å². The van der Waals surface area contributed by atoms with Crippen LogP contribution in [-0.2, 0) is 9.84 Å². The molecule has 1 unspecified atom stereocenters. The molecule has 0 aliphatic heterocycles. The molecule has 0 amide bonds. The van der Waals surface area contributed by atoms with Crippen molar-refractivity contribution in [2.24, 2.45) is 0 Å². The highest BCUT2D eigenvalue weighted by molar-refractivity contribution is 9.12. The molecule has 0 aliphatic carbocycles. The molecular formula is C10H10Br2O3S. The van der Waals surface area contributed by atoms with Crippen molar-refractivity contribution in [3.8, 4) is 0 Å². The maximum Gasteiger partial charge on any atom is 0.194 e. The lowest BCUT2D eigenvalue weighted by molar-refractivity contribution is 0.0983. The van der Waals surface area contributed by atoms with Gasteiger partial charge in [0.25, 0.3) is 0 Å². The molecule has 0 bridgehead atoms. The van der Waals surface area contributed by atoms with Crippen molar-refractivity contribution in [3.63, 3.8) is 0 Å². The number of carbonyl (C=O) groups excluding carboxylic acids is 1. The second-order valence-corrected chi connectivity index (χ2v) is 8.91. The van der Waals surface area contributed by atoms with E-state index in [1.807, 2.05) is 0 Å². The number of Topliss-reactive ketones (excluding diaryl/α,β-unsaturated/α-hetero) is 1. The fourth-order valence-corrected chi connectivity index (χ4v) is 1.98. The molecule has 6 heteroatoms. The van der Waals surface area contributed by atoms with Crippen LogP contribution in [0.2, 0.25) is 0 Å². The van der Waals surface area contributed by atoms with Gasteiger partial charge in [-0.05, 0) is 19.1 Å². The summed E-state index contributed by atoms with van der Waals surface area (Å²) in [5, 5.41) is 0. The fourth-order valence-electron chi connectivity index (χ4n) is 1.03. The zero-order valence-corrected chi connectivity index (χ0v) is 12.7. The molecule has 1 aromatic carbocycles. The summed E-state index contributed by atoms with van der Waals surface area (Å²) in [6, 6.07) is 6.55. The van der Waals surface area contributed by atoms with E-state index < -0.39 is 19.3 Å². The molecule has 3 nitrogen and oxygen atoms in total. The number of sulfone groups is 1. The lowest BCUT2D eigenvalue weighted by Crippen LogP contribution is -2.36. The Bertz CT molecular complexity index is 503. The van der Waals surface area contributed by atoms with Gasteiger partial charge in [-0.15, -0.1) is 0 Å². The molecule has 1 aromatic rings. The van der Waals surface area contributed by atoms with Crippen LogP contribution in [0.25, 0.3) is 0 Å². The van der Waals surface area contributed by atoms with Crippen molar-refractivity contribution in [1.82, 2.24) is 0 Å². The maximum atomic E-state index is 12.0. The second kappa shape index (κ2) is 4.58. The third kappa shape index (κ3) is 2.73. The minimum atomic E-state index is -3.50. The van der Waals surface area contributed by atoms with Crippen molar-refractivity contribution in [2.45, 2.75) is 10.6 Å². The summed E-state index contributed by atoms with van der Waals surface area (Å²) >= 11 is 6.22. The molecule has 0 N–H and O–H groups in total. The minimum Gasteiger partial charge on any atom is -0.291 e. The van der Waals surface area contributed by atoms with E-state index in [9.17, 15) is 13.2 Å². The number of benzene rings is 1. The third-order valence-corrected chi connectivity index (χ3v) is 6.44. The van der Waals surface area contributed by atoms with E-state index in [0.717, 1.165) is 10.7 Å². The zero-order chi connectivity index (χ0) is 12.6. The third-order valence-electron chi connectivity index (χ3n) is 2.21. The minimum absolute atomic E-state index is 0.355. The molecule has 88 valence electrons. The van der Waals surface area contributed by atoms with Crippen LogP contribution in [0.3, 0.4) is 0 Å². The molecule has 0 saturated heterocycles. The van der Waals surface area contributed by atoms with E-state index in [1.165, 1.54) is 6.92 Å². The van der Waals surface area contributed by atoms with Crippen molar-refractivity contribution < 1.29 is 13.2 Å². The predicted octanol–water partition coefficient (Wildman–Crippen LogP) is 2.79. The van der Waals surface area contributed by atoms with Gasteiger partial charge < -0.3 is 0 Å². The van der Waals surface area contributed by atoms with E-state index in [1.54, 1.807) is 24.3 Å². The summed E-state index contributed by atoms with van der Waals surface area (Å²) < 4.78 is 22.2. The Hall–Kier alpha value is -0.200. The van der Waals surface area contributed by atoms with Crippen LogP contribution in [0.5, 0.6) is 0 Å². The van der Waals surface area contributed by atoms with E-state index in [0.29, 0.717) is 5.56 Å². The van der Waals surface area contributed by atoms with Crippen molar-refractivity contribution in [2.75, 3.05) is 6.26 Å². The summed E-state index contributed by atoms with van der Waals surface area (Å²) in [7, 11) is -3.50. The molecule has 16 heavy (non-hydrogen) atoms. The summed E-state index contributed by atoms with van der Waals surface area (Å²) in [4.78, 5) is 12.0. The van der Waals surface area contributed by atoms with Crippen molar-refractivity contribution in [1.29, 1.82) is 0 Å². The number of carbonyl (C=O) groups is 1. The molecule has 0 heterocycles. The normalized spacial score (nSPS) is 15.5. The van der Waals surface area contributed by atoms with Gasteiger partial charge in [0, 0.05) is 16.3 Å². The van der Waals surface area contributed by atoms with Crippen LogP contribution >= 0.6 is 31.9 Å². The van der Waals surface area contributed by atoms with E-state index in [-0.39, 0.29) is 0 Å². The first-order chi connectivity index (χ1) is 7.16. The summed E-state index contributed by atoms with van der Waals surface area (Å²) in [6.45, 7) is 1.34. The van der Waals surface area contributed by atoms with Gasteiger partial charge in [-0.3, -0.25) is 4.79 Å². The SMILES string of the molecule is CC(Br)(C(=O)c1ccc(Br)cc1)S(C)(=O)=O. The quantitative estimate of drug-likeness (QED) is 0.608. The number of hydrogen-bond acceptors (Lipinski definition) is 3. The van der Waals surface area contributed by atoms with Crippen molar-refractivity contribution in [3.05, 3.63) is 34.3 Å². The van der Waals surface area contributed by atoms with E-state index in [2.05, 4.69) is 31.9 Å². The summed E-state index contributed by atoms with van der Waals surface area (Å²) in [5.74, 6) is -0.470. The molecule has 0 spiro atoms. The van der Waals surface area contributed by atoms with Gasteiger partial charge in [0.2, 0.25) is 0 Å². The van der Waals surface area contributed by atoms with Crippen LogP contribution in [0.4, 0.5) is 0 Å². The fraction of sp³-hybridized carbons (Fsp3) is 0.300. The lowest BCUT2D eigenvalue weighted by Gasteiger charge is -2.18. The molecule has 0 aromatic heterocycles. The molecule has 1 rings (SSSR count). The Kier molecular flexibility index (Phi) is 3.97. The smallest absolute Gasteiger partial charge is 0.194 e. The van der Waals surface area contributed by atoms with Crippen LogP contribution in [0, 0.1) is 0 Å². The van der Waals surface area contributed by atoms with Gasteiger partial charge in [0.1, 0.15) is 0 Å². The number of ketones is 1. The highest BCUT2D eigenvalue weighted by atomic mass is 79.9. The Balaban J connectivity index is 3.18. The van der Waals surface area contributed by atoms with Crippen LogP contribution in [0.15, 0.2) is 28.7 Å². The molecule has 1 atom stereocenters. The average Bonchev–Trinajstić information content (AvgIpc) is 2.16. The number of hydrogen-bond donors (Lipinski definition) is 0. The average molecular weight is 370 g/mol. The van der Waals surface area contributed by atoms with Crippen LogP contribution in [-0.4, -0.2) is 24.1 Å². The molecule has 0 radical (unpaired) electrons. The van der Waals surface area contributed by atoms with Gasteiger partial charge >= 0.3 is 0 Å². The zero-order valence-electron chi connectivity index (χ0n) is 8.70. The topological polar surface area (TPSA) is 51.2 Å². The maximum absolute atomic E-state index is 12.0. The summed E-state index contributed by atoms with van der Waals surface area (Å²) in [5.41, 5.74) is 0.355. The highest BCUT2D eigenvalue weighted by Gasteiger charge is 2.41. The highest BCUT2D eigenvalue weighted by Crippen LogP contribution is 2.29. The van der Waals surface area contributed by atoms with Gasteiger partial charge in [-0.2, -0.15) is 0 Å². The first-order valence-electron chi connectivity index (χ1n) is 4.35. The summed E-state index contributed by atoms with van der Waals surface area (Å²) in [6.07, 6.45) is 1.03. The molecule has 0 saturated carbocycles. The van der Waals surface area contributed by atoms with Gasteiger partial charge in [-0.1, -0.05) is 44.0 Å².